The molecule has 116 valence electrons. The number of halogens is 4. The number of amides is 2. The summed E-state index contributed by atoms with van der Waals surface area (Å²) >= 11 is 3.06. The van der Waals surface area contributed by atoms with Gasteiger partial charge in [0.15, 0.2) is 0 Å². The average Bonchev–Trinajstić information content (AvgIpc) is 2.36. The number of hydrogen-bond acceptors (Lipinski definition) is 3. The van der Waals surface area contributed by atoms with Crippen LogP contribution in [0.2, 0.25) is 0 Å². The summed E-state index contributed by atoms with van der Waals surface area (Å²) in [5.41, 5.74) is -0.0194. The second kappa shape index (κ2) is 6.88. The van der Waals surface area contributed by atoms with Crippen molar-refractivity contribution in [1.82, 2.24) is 14.8 Å². The number of rotatable bonds is 4. The highest BCUT2D eigenvalue weighted by Crippen LogP contribution is 2.18. The normalized spacial score (nSPS) is 11.1. The fraction of sp³-hybridized carbons (Fsp3) is 0.417. The molecular weight excluding hydrogens is 355 g/mol. The monoisotopic (exact) mass is 367 g/mol. The highest BCUT2D eigenvalue weighted by molar-refractivity contribution is 9.10. The van der Waals surface area contributed by atoms with Gasteiger partial charge in [0.05, 0.1) is 5.56 Å². The maximum Gasteiger partial charge on any atom is 0.406 e. The molecule has 1 heterocycles. The fourth-order valence-electron chi connectivity index (χ4n) is 1.41. The molecule has 0 aromatic carbocycles. The molecule has 21 heavy (non-hydrogen) atoms. The van der Waals surface area contributed by atoms with Crippen LogP contribution in [0.1, 0.15) is 10.4 Å². The molecule has 0 fully saturated rings. The zero-order valence-corrected chi connectivity index (χ0v) is 12.9. The Morgan fingerprint density at radius 3 is 2.33 bits per heavy atom. The van der Waals surface area contributed by atoms with Gasteiger partial charge < -0.3 is 9.80 Å². The average molecular weight is 368 g/mol. The van der Waals surface area contributed by atoms with Crippen LogP contribution in [0.25, 0.3) is 0 Å². The molecule has 5 nitrogen and oxygen atoms in total. The quantitative estimate of drug-likeness (QED) is 0.764. The fourth-order valence-corrected chi connectivity index (χ4v) is 1.64. The van der Waals surface area contributed by atoms with Crippen LogP contribution in [0, 0.1) is 0 Å². The van der Waals surface area contributed by atoms with Gasteiger partial charge in [-0.15, -0.1) is 0 Å². The minimum Gasteiger partial charge on any atom is -0.347 e. The highest BCUT2D eigenvalue weighted by atomic mass is 79.9. The number of likely N-dealkylation sites (N-methyl/N-ethyl adjacent to an activating group) is 1. The third kappa shape index (κ3) is 5.70. The lowest BCUT2D eigenvalue weighted by Gasteiger charge is -2.24. The van der Waals surface area contributed by atoms with Crippen molar-refractivity contribution in [2.75, 3.05) is 27.2 Å². The summed E-state index contributed by atoms with van der Waals surface area (Å²) in [6.45, 7) is -2.15. The lowest BCUT2D eigenvalue weighted by Crippen LogP contribution is -2.44. The maximum atomic E-state index is 12.6. The lowest BCUT2D eigenvalue weighted by atomic mass is 10.2. The van der Waals surface area contributed by atoms with Crippen molar-refractivity contribution in [1.29, 1.82) is 0 Å². The Morgan fingerprint density at radius 1 is 1.29 bits per heavy atom. The van der Waals surface area contributed by atoms with Crippen LogP contribution in [-0.2, 0) is 4.79 Å². The molecule has 2 amide bonds. The first-order valence-electron chi connectivity index (χ1n) is 5.78. The van der Waals surface area contributed by atoms with E-state index in [0.717, 1.165) is 11.1 Å². The number of aromatic nitrogens is 1. The molecule has 1 rings (SSSR count). The second-order valence-electron chi connectivity index (χ2n) is 4.43. The van der Waals surface area contributed by atoms with Crippen molar-refractivity contribution < 1.29 is 22.8 Å². The zero-order chi connectivity index (χ0) is 16.2. The van der Waals surface area contributed by atoms with Crippen LogP contribution in [0.5, 0.6) is 0 Å². The van der Waals surface area contributed by atoms with Gasteiger partial charge >= 0.3 is 6.18 Å². The first kappa shape index (κ1) is 17.4. The SMILES string of the molecule is CN(C)C(=O)CN(CC(F)(F)F)C(=O)c1ccc(Br)nc1. The number of nitrogens with zero attached hydrogens (tertiary/aromatic N) is 3. The smallest absolute Gasteiger partial charge is 0.347 e. The molecule has 0 aliphatic rings. The van der Waals surface area contributed by atoms with Gasteiger partial charge in [-0.1, -0.05) is 0 Å². The number of alkyl halides is 3. The van der Waals surface area contributed by atoms with E-state index in [1.165, 1.54) is 26.2 Å². The number of carbonyl (C=O) groups is 2. The molecule has 1 aromatic rings. The van der Waals surface area contributed by atoms with E-state index in [0.29, 0.717) is 9.50 Å². The summed E-state index contributed by atoms with van der Waals surface area (Å²) in [4.78, 5) is 29.0. The van der Waals surface area contributed by atoms with Gasteiger partial charge in [0.1, 0.15) is 17.7 Å². The van der Waals surface area contributed by atoms with Crippen molar-refractivity contribution in [3.8, 4) is 0 Å². The van der Waals surface area contributed by atoms with Crippen molar-refractivity contribution in [3.05, 3.63) is 28.5 Å². The van der Waals surface area contributed by atoms with E-state index in [-0.39, 0.29) is 5.56 Å². The van der Waals surface area contributed by atoms with E-state index < -0.39 is 31.1 Å². The molecule has 0 aliphatic carbocycles. The van der Waals surface area contributed by atoms with Crippen LogP contribution >= 0.6 is 15.9 Å². The van der Waals surface area contributed by atoms with Gasteiger partial charge in [0.2, 0.25) is 5.91 Å². The van der Waals surface area contributed by atoms with E-state index in [1.807, 2.05) is 0 Å². The van der Waals surface area contributed by atoms with Crippen LogP contribution in [0.4, 0.5) is 13.2 Å². The molecule has 0 N–H and O–H groups in total. The topological polar surface area (TPSA) is 53.5 Å². The molecule has 0 saturated carbocycles. The van der Waals surface area contributed by atoms with Crippen LogP contribution in [-0.4, -0.2) is 60.0 Å². The third-order valence-electron chi connectivity index (χ3n) is 2.46. The van der Waals surface area contributed by atoms with Crippen molar-refractivity contribution in [2.24, 2.45) is 0 Å². The molecule has 9 heteroatoms. The predicted octanol–water partition coefficient (Wildman–Crippen LogP) is 1.94. The summed E-state index contributed by atoms with van der Waals surface area (Å²) in [5.74, 6) is -1.50. The van der Waals surface area contributed by atoms with E-state index >= 15 is 0 Å². The molecule has 0 aliphatic heterocycles. The van der Waals surface area contributed by atoms with Crippen LogP contribution in [0.15, 0.2) is 22.9 Å². The van der Waals surface area contributed by atoms with Crippen molar-refractivity contribution in [2.45, 2.75) is 6.18 Å². The minimum atomic E-state index is -4.59. The van der Waals surface area contributed by atoms with E-state index in [1.54, 1.807) is 0 Å². The Hall–Kier alpha value is -1.64. The van der Waals surface area contributed by atoms with E-state index in [9.17, 15) is 22.8 Å². The standard InChI is InChI=1S/C12H13BrF3N3O2/c1-18(2)10(20)6-19(7-12(14,15)16)11(21)8-3-4-9(13)17-5-8/h3-5H,6-7H2,1-2H3. The van der Waals surface area contributed by atoms with Gasteiger partial charge in [-0.2, -0.15) is 13.2 Å². The van der Waals surface area contributed by atoms with Crippen molar-refractivity contribution in [3.63, 3.8) is 0 Å². The van der Waals surface area contributed by atoms with Crippen molar-refractivity contribution >= 4 is 27.7 Å². The Kier molecular flexibility index (Phi) is 5.70. The summed E-state index contributed by atoms with van der Waals surface area (Å²) in [5, 5.41) is 0. The molecule has 0 atom stereocenters. The largest absolute Gasteiger partial charge is 0.406 e. The minimum absolute atomic E-state index is 0.0194. The maximum absolute atomic E-state index is 12.6. The van der Waals surface area contributed by atoms with Gasteiger partial charge in [-0.05, 0) is 28.1 Å². The third-order valence-corrected chi connectivity index (χ3v) is 2.93. The first-order chi connectivity index (χ1) is 9.60. The first-order valence-corrected chi connectivity index (χ1v) is 6.57. The van der Waals surface area contributed by atoms with E-state index in [2.05, 4.69) is 20.9 Å². The Balaban J connectivity index is 2.96. The Labute approximate surface area is 127 Å². The summed E-state index contributed by atoms with van der Waals surface area (Å²) in [6, 6.07) is 2.77. The van der Waals surface area contributed by atoms with Crippen LogP contribution < -0.4 is 0 Å². The highest BCUT2D eigenvalue weighted by Gasteiger charge is 2.34. The molecule has 0 saturated heterocycles. The molecular formula is C12H13BrF3N3O2. The molecule has 0 bridgehead atoms. The van der Waals surface area contributed by atoms with Gasteiger partial charge in [0.25, 0.3) is 5.91 Å². The Morgan fingerprint density at radius 2 is 1.90 bits per heavy atom. The van der Waals surface area contributed by atoms with Gasteiger partial charge in [-0.25, -0.2) is 4.98 Å². The summed E-state index contributed by atoms with van der Waals surface area (Å²) in [7, 11) is 2.81. The van der Waals surface area contributed by atoms with Crippen LogP contribution in [0.3, 0.4) is 0 Å². The number of carbonyl (C=O) groups excluding carboxylic acids is 2. The summed E-state index contributed by atoms with van der Waals surface area (Å²) in [6.07, 6.45) is -3.44. The second-order valence-corrected chi connectivity index (χ2v) is 5.25. The number of hydrogen-bond donors (Lipinski definition) is 0. The van der Waals surface area contributed by atoms with Gasteiger partial charge in [-0.3, -0.25) is 9.59 Å². The molecule has 0 radical (unpaired) electrons. The summed E-state index contributed by atoms with van der Waals surface area (Å²) < 4.78 is 38.1. The lowest BCUT2D eigenvalue weighted by molar-refractivity contribution is -0.146. The molecule has 0 unspecified atom stereocenters. The Bertz CT molecular complexity index is 517. The molecule has 1 aromatic heterocycles. The number of pyridine rings is 1. The molecule has 0 spiro atoms. The van der Waals surface area contributed by atoms with E-state index in [4.69, 9.17) is 0 Å². The van der Waals surface area contributed by atoms with Gasteiger partial charge in [0, 0.05) is 20.3 Å². The predicted molar refractivity (Wildman–Crippen MR) is 72.6 cm³/mol. The zero-order valence-electron chi connectivity index (χ0n) is 11.3.